The number of ether oxygens (including phenoxy) is 1. The number of benzene rings is 2. The van der Waals surface area contributed by atoms with E-state index in [0.29, 0.717) is 45.0 Å². The predicted octanol–water partition coefficient (Wildman–Crippen LogP) is 2.70. The minimum atomic E-state index is -3.53. The number of hydrogen-bond acceptors (Lipinski definition) is 4. The van der Waals surface area contributed by atoms with E-state index in [9.17, 15) is 17.5 Å². The van der Waals surface area contributed by atoms with E-state index in [1.807, 2.05) is 4.90 Å². The van der Waals surface area contributed by atoms with E-state index in [2.05, 4.69) is 0 Å². The molecular formula is C20H22F2N2O3S. The SMILES string of the molecule is O=[S+]([O-])(c1ccccc1)N1CC2(COCCN(Cc3cc(F)ccc3F)C2)C1. The van der Waals surface area contributed by atoms with E-state index in [1.165, 1.54) is 10.4 Å². The third kappa shape index (κ3) is 3.88. The molecule has 5 nitrogen and oxygen atoms in total. The van der Waals surface area contributed by atoms with Crippen LogP contribution >= 0.6 is 0 Å². The lowest BCUT2D eigenvalue weighted by Gasteiger charge is -2.49. The first-order valence-corrected chi connectivity index (χ1v) is 10.6. The Kier molecular flexibility index (Phi) is 5.32. The molecule has 0 amide bonds. The van der Waals surface area contributed by atoms with Gasteiger partial charge in [0.05, 0.1) is 26.3 Å². The lowest BCUT2D eigenvalue weighted by atomic mass is 9.82. The molecule has 2 aromatic carbocycles. The summed E-state index contributed by atoms with van der Waals surface area (Å²) >= 11 is 0. The molecule has 8 heteroatoms. The highest BCUT2D eigenvalue weighted by Gasteiger charge is 2.53. The van der Waals surface area contributed by atoms with Crippen molar-refractivity contribution in [2.45, 2.75) is 11.4 Å². The summed E-state index contributed by atoms with van der Waals surface area (Å²) < 4.78 is 60.2. The van der Waals surface area contributed by atoms with Crippen LogP contribution in [0.15, 0.2) is 53.4 Å². The molecule has 0 saturated carbocycles. The molecule has 2 fully saturated rings. The van der Waals surface area contributed by atoms with Crippen LogP contribution in [0.1, 0.15) is 5.56 Å². The van der Waals surface area contributed by atoms with Crippen molar-refractivity contribution >= 4 is 10.4 Å². The minimum absolute atomic E-state index is 0.264. The Labute approximate surface area is 164 Å². The van der Waals surface area contributed by atoms with E-state index in [-0.39, 0.29) is 16.9 Å². The van der Waals surface area contributed by atoms with E-state index in [4.69, 9.17) is 4.74 Å². The Morgan fingerprint density at radius 2 is 1.86 bits per heavy atom. The molecule has 4 rings (SSSR count). The molecule has 2 aliphatic rings. The Morgan fingerprint density at radius 3 is 2.61 bits per heavy atom. The second kappa shape index (κ2) is 7.61. The maximum Gasteiger partial charge on any atom is 0.175 e. The number of nitrogens with zero attached hydrogens (tertiary/aromatic N) is 2. The zero-order chi connectivity index (χ0) is 19.8. The summed E-state index contributed by atoms with van der Waals surface area (Å²) in [5.41, 5.74) is -0.0348. The second-order valence-corrected chi connectivity index (χ2v) is 9.52. The standard InChI is InChI=1S/C20H22F2N2O3S/c21-17-6-7-19(22)16(10-17)11-23-8-9-27-15-20(12-23)13-24(14-20)28(25,26)18-4-2-1-3-5-18/h1-7,10H,8-9,11-15H2. The van der Waals surface area contributed by atoms with E-state index in [1.54, 1.807) is 30.3 Å². The van der Waals surface area contributed by atoms with Gasteiger partial charge in [0.15, 0.2) is 15.3 Å². The van der Waals surface area contributed by atoms with Crippen LogP contribution in [0.25, 0.3) is 0 Å². The molecule has 0 N–H and O–H groups in total. The Balaban J connectivity index is 1.46. The summed E-state index contributed by atoms with van der Waals surface area (Å²) in [4.78, 5) is 2.29. The molecule has 2 saturated heterocycles. The van der Waals surface area contributed by atoms with Gasteiger partial charge in [-0.05, 0) is 30.3 Å². The molecule has 28 heavy (non-hydrogen) atoms. The number of sulfonamides is 1. The zero-order valence-corrected chi connectivity index (χ0v) is 16.2. The summed E-state index contributed by atoms with van der Waals surface area (Å²) in [6.07, 6.45) is 0. The fourth-order valence-electron chi connectivity index (χ4n) is 3.93. The summed E-state index contributed by atoms with van der Waals surface area (Å²) in [5.74, 6) is -0.913. The lowest BCUT2D eigenvalue weighted by Crippen LogP contribution is -2.64. The van der Waals surface area contributed by atoms with Gasteiger partial charge in [0.1, 0.15) is 11.6 Å². The molecule has 1 unspecified atom stereocenters. The largest absolute Gasteiger partial charge is 0.593 e. The molecule has 0 bridgehead atoms. The van der Waals surface area contributed by atoms with Crippen molar-refractivity contribution in [3.8, 4) is 0 Å². The molecule has 150 valence electrons. The molecular weight excluding hydrogens is 386 g/mol. The van der Waals surface area contributed by atoms with Gasteiger partial charge in [-0.2, -0.15) is 0 Å². The molecule has 0 aliphatic carbocycles. The highest BCUT2D eigenvalue weighted by Crippen LogP contribution is 2.39. The summed E-state index contributed by atoms with van der Waals surface area (Å²) in [6.45, 7) is 3.06. The number of halogens is 2. The van der Waals surface area contributed by atoms with Gasteiger partial charge in [-0.3, -0.25) is 4.90 Å². The first kappa shape index (κ1) is 19.6. The maximum atomic E-state index is 14.0. The van der Waals surface area contributed by atoms with E-state index in [0.717, 1.165) is 12.1 Å². The van der Waals surface area contributed by atoms with Crippen molar-refractivity contribution in [2.75, 3.05) is 39.4 Å². The summed E-state index contributed by atoms with van der Waals surface area (Å²) in [7, 11) is -3.53. The minimum Gasteiger partial charge on any atom is -0.593 e. The third-order valence-corrected chi connectivity index (χ3v) is 7.13. The van der Waals surface area contributed by atoms with Gasteiger partial charge in [-0.1, -0.05) is 22.4 Å². The van der Waals surface area contributed by atoms with Gasteiger partial charge in [-0.15, -0.1) is 4.31 Å². The molecule has 0 radical (unpaired) electrons. The average molecular weight is 408 g/mol. The highest BCUT2D eigenvalue weighted by atomic mass is 32.3. The smallest absolute Gasteiger partial charge is 0.175 e. The maximum absolute atomic E-state index is 14.0. The zero-order valence-electron chi connectivity index (χ0n) is 15.4. The lowest BCUT2D eigenvalue weighted by molar-refractivity contribution is -0.0208. The fraction of sp³-hybridized carbons (Fsp3) is 0.400. The van der Waals surface area contributed by atoms with Crippen LogP contribution in [0.5, 0.6) is 0 Å². The third-order valence-electron chi connectivity index (χ3n) is 5.33. The Hall–Kier alpha value is -1.71. The average Bonchev–Trinajstić information content (AvgIpc) is 2.87. The van der Waals surface area contributed by atoms with Crippen LogP contribution in [0, 0.1) is 17.0 Å². The first-order chi connectivity index (χ1) is 13.4. The molecule has 0 aromatic heterocycles. The van der Waals surface area contributed by atoms with Gasteiger partial charge in [0.2, 0.25) is 0 Å². The number of rotatable bonds is 4. The Bertz CT molecular complexity index is 890. The topological polar surface area (TPSA) is 55.8 Å². The monoisotopic (exact) mass is 408 g/mol. The van der Waals surface area contributed by atoms with Crippen molar-refractivity contribution in [1.29, 1.82) is 0 Å². The van der Waals surface area contributed by atoms with Crippen molar-refractivity contribution in [1.82, 2.24) is 9.21 Å². The molecule has 2 heterocycles. The van der Waals surface area contributed by atoms with Crippen LogP contribution in [0.2, 0.25) is 0 Å². The van der Waals surface area contributed by atoms with Crippen LogP contribution in [0.3, 0.4) is 0 Å². The van der Waals surface area contributed by atoms with Gasteiger partial charge < -0.3 is 9.29 Å². The fourth-order valence-corrected chi connectivity index (χ4v) is 5.61. The van der Waals surface area contributed by atoms with Crippen LogP contribution in [-0.4, -0.2) is 53.2 Å². The van der Waals surface area contributed by atoms with Crippen molar-refractivity contribution in [3.63, 3.8) is 0 Å². The van der Waals surface area contributed by atoms with Gasteiger partial charge >= 0.3 is 0 Å². The van der Waals surface area contributed by atoms with Crippen LogP contribution < -0.4 is 0 Å². The van der Waals surface area contributed by atoms with E-state index >= 15 is 0 Å². The normalized spacial score (nSPS) is 22.4. The summed E-state index contributed by atoms with van der Waals surface area (Å²) in [6, 6.07) is 11.8. The molecule has 2 aromatic rings. The van der Waals surface area contributed by atoms with Crippen molar-refractivity contribution in [3.05, 3.63) is 65.7 Å². The van der Waals surface area contributed by atoms with Gasteiger partial charge in [0, 0.05) is 30.6 Å². The van der Waals surface area contributed by atoms with Crippen LogP contribution in [-0.2, 0) is 25.9 Å². The summed E-state index contributed by atoms with van der Waals surface area (Å²) in [5, 5.41) is 0. The first-order valence-electron chi connectivity index (χ1n) is 9.17. The molecule has 2 aliphatic heterocycles. The van der Waals surface area contributed by atoms with Crippen molar-refractivity contribution < 1.29 is 22.3 Å². The molecule has 1 atom stereocenters. The number of hydrogen-bond donors (Lipinski definition) is 0. The predicted molar refractivity (Wildman–Crippen MR) is 100.0 cm³/mol. The van der Waals surface area contributed by atoms with Gasteiger partial charge in [0.25, 0.3) is 0 Å². The molecule has 1 spiro atoms. The quantitative estimate of drug-likeness (QED) is 0.730. The highest BCUT2D eigenvalue weighted by molar-refractivity contribution is 7.95. The van der Waals surface area contributed by atoms with E-state index < -0.39 is 22.0 Å². The van der Waals surface area contributed by atoms with Gasteiger partial charge in [-0.25, -0.2) is 8.78 Å². The van der Waals surface area contributed by atoms with Crippen LogP contribution in [0.4, 0.5) is 8.78 Å². The van der Waals surface area contributed by atoms with Crippen molar-refractivity contribution in [2.24, 2.45) is 5.41 Å². The Morgan fingerprint density at radius 1 is 1.11 bits per heavy atom. The second-order valence-electron chi connectivity index (χ2n) is 7.59.